The van der Waals surface area contributed by atoms with Gasteiger partial charge < -0.3 is 20.1 Å². The Hall–Kier alpha value is -1.07. The fourth-order valence-electron chi connectivity index (χ4n) is 4.89. The van der Waals surface area contributed by atoms with Crippen LogP contribution in [0.1, 0.15) is 54.2 Å². The fraction of sp³-hybridized carbons (Fsp3) is 0.387. The van der Waals surface area contributed by atoms with Gasteiger partial charge in [0.05, 0.1) is 18.5 Å². The number of hydrogen-bond acceptors (Lipinski definition) is 1. The van der Waals surface area contributed by atoms with E-state index in [1.165, 1.54) is 74.1 Å². The summed E-state index contributed by atoms with van der Waals surface area (Å²) < 4.78 is 0. The first-order valence-electron chi connectivity index (χ1n) is 11.9. The van der Waals surface area contributed by atoms with Gasteiger partial charge in [0.2, 0.25) is 0 Å². The molecule has 0 bridgehead atoms. The van der Waals surface area contributed by atoms with E-state index in [1.807, 2.05) is 0 Å². The third kappa shape index (κ3) is 7.98. The molecule has 0 aliphatic carbocycles. The van der Waals surface area contributed by atoms with E-state index < -0.39 is 0 Å². The number of hydrogen-bond donors (Lipinski definition) is 0. The quantitative estimate of drug-likeness (QED) is 0.125. The smallest absolute Gasteiger partial charge is 0.779 e. The Kier molecular flexibility index (Phi) is 14.7. The molecule has 3 heteroatoms. The standard InChI is InChI=1S/C24H26S.C6H15P.CH3.Ru/c1-14-10-16(3)22(17(4)11-14)20-8-7-9-21(24(20)25)23-18(5)12-15(2)13-19(23)6;1-4-7(5-2)6-3;;/h7-13,25H,1-6H3;4-6H2,1-3H3;1H3;/q;;-1;+2. The van der Waals surface area contributed by atoms with Gasteiger partial charge in [-0.3, -0.25) is 0 Å². The van der Waals surface area contributed by atoms with Crippen LogP contribution >= 0.6 is 7.92 Å². The average molecular weight is 581 g/mol. The molecule has 0 atom stereocenters. The van der Waals surface area contributed by atoms with Gasteiger partial charge in [0, 0.05) is 0 Å². The largest absolute Gasteiger partial charge is 2.00 e. The minimum absolute atomic E-state index is 0. The summed E-state index contributed by atoms with van der Waals surface area (Å²) in [5.41, 5.74) is 12.6. The maximum atomic E-state index is 5.96. The molecule has 0 heterocycles. The molecule has 0 saturated heterocycles. The molecule has 0 unspecified atom stereocenters. The van der Waals surface area contributed by atoms with Gasteiger partial charge in [-0.2, -0.15) is 4.90 Å². The summed E-state index contributed by atoms with van der Waals surface area (Å²) in [6.45, 7) is 19.9. The van der Waals surface area contributed by atoms with Crippen molar-refractivity contribution in [3.63, 3.8) is 0 Å². The van der Waals surface area contributed by atoms with Crippen LogP contribution in [0.3, 0.4) is 0 Å². The molecule has 0 amide bonds. The minimum atomic E-state index is 0. The van der Waals surface area contributed by atoms with Gasteiger partial charge in [0.25, 0.3) is 0 Å². The number of rotatable bonds is 5. The van der Waals surface area contributed by atoms with E-state index in [0.29, 0.717) is 0 Å². The van der Waals surface area contributed by atoms with Crippen molar-refractivity contribution in [3.8, 4) is 22.3 Å². The molecule has 0 aliphatic heterocycles. The normalized spacial score (nSPS) is 10.2. The van der Waals surface area contributed by atoms with Gasteiger partial charge in [0.15, 0.2) is 0 Å². The zero-order valence-electron chi connectivity index (χ0n) is 22.9. The van der Waals surface area contributed by atoms with Gasteiger partial charge in [0.1, 0.15) is 0 Å². The van der Waals surface area contributed by atoms with E-state index >= 15 is 0 Å². The Morgan fingerprint density at radius 1 is 0.618 bits per heavy atom. The molecule has 0 saturated carbocycles. The zero-order valence-corrected chi connectivity index (χ0v) is 26.5. The molecule has 3 rings (SSSR count). The molecule has 0 radical (unpaired) electrons. The van der Waals surface area contributed by atoms with Crippen LogP contribution in [0.25, 0.3) is 22.3 Å². The number of aryl methyl sites for hydroxylation is 6. The summed E-state index contributed by atoms with van der Waals surface area (Å²) in [4.78, 5) is 0.951. The van der Waals surface area contributed by atoms with Crippen molar-refractivity contribution in [1.82, 2.24) is 0 Å². The van der Waals surface area contributed by atoms with Crippen LogP contribution in [0.2, 0.25) is 0 Å². The van der Waals surface area contributed by atoms with Gasteiger partial charge in [-0.15, -0.1) is 0 Å². The van der Waals surface area contributed by atoms with Crippen LogP contribution in [0, 0.1) is 49.0 Å². The van der Waals surface area contributed by atoms with Crippen LogP contribution in [0.4, 0.5) is 0 Å². The monoisotopic (exact) mass is 581 g/mol. The summed E-state index contributed by atoms with van der Waals surface area (Å²) in [6, 6.07) is 15.4. The predicted molar refractivity (Wildman–Crippen MR) is 158 cm³/mol. The first-order chi connectivity index (χ1) is 15.1. The van der Waals surface area contributed by atoms with Crippen LogP contribution in [0.5, 0.6) is 0 Å². The third-order valence-electron chi connectivity index (χ3n) is 6.41. The van der Waals surface area contributed by atoms with E-state index in [0.717, 1.165) is 4.90 Å². The first-order valence-corrected chi connectivity index (χ1v) is 14.5. The van der Waals surface area contributed by atoms with Crippen molar-refractivity contribution >= 4 is 20.6 Å². The molecule has 0 N–H and O–H groups in total. The Balaban J connectivity index is 0.00000106. The molecule has 0 nitrogen and oxygen atoms in total. The Bertz CT molecular complexity index is 940. The summed E-state index contributed by atoms with van der Waals surface area (Å²) in [5, 5.41) is 0. The van der Waals surface area contributed by atoms with Crippen molar-refractivity contribution < 1.29 is 19.5 Å². The summed E-state index contributed by atoms with van der Waals surface area (Å²) in [5.74, 6) is 0. The van der Waals surface area contributed by atoms with Crippen LogP contribution in [-0.4, -0.2) is 18.5 Å². The van der Waals surface area contributed by atoms with Gasteiger partial charge in [-0.25, -0.2) is 0 Å². The first kappa shape index (κ1) is 32.9. The van der Waals surface area contributed by atoms with E-state index in [1.54, 1.807) is 0 Å². The zero-order chi connectivity index (χ0) is 24.0. The fourth-order valence-corrected chi connectivity index (χ4v) is 6.73. The molecule has 3 aromatic rings. The third-order valence-corrected chi connectivity index (χ3v) is 9.85. The molecule has 34 heavy (non-hydrogen) atoms. The van der Waals surface area contributed by atoms with Crippen molar-refractivity contribution in [2.45, 2.75) is 67.2 Å². The molecule has 186 valence electrons. The molecule has 0 fully saturated rings. The molecule has 3 aromatic carbocycles. The maximum Gasteiger partial charge on any atom is 2.00 e. The van der Waals surface area contributed by atoms with Gasteiger partial charge >= 0.3 is 19.5 Å². The minimum Gasteiger partial charge on any atom is -0.779 e. The van der Waals surface area contributed by atoms with E-state index in [-0.39, 0.29) is 34.8 Å². The molecule has 0 aliphatic rings. The SMILES string of the molecule is CC[PH+](CC)CC.Cc1cc(C)c(-c2cccc(-c3c(C)cc(C)cc3C)c2[S-])c(C)c1.[CH3-].[Ru+2]. The molecule has 0 aromatic heterocycles. The Labute approximate surface area is 230 Å². The second kappa shape index (κ2) is 15.1. The second-order valence-electron chi connectivity index (χ2n) is 9.04. The van der Waals surface area contributed by atoms with Gasteiger partial charge in [-0.05, 0) is 115 Å². The van der Waals surface area contributed by atoms with E-state index in [2.05, 4.69) is 105 Å². The average Bonchev–Trinajstić information content (AvgIpc) is 2.71. The molecular formula is C31H44PRuS+. The van der Waals surface area contributed by atoms with Gasteiger partial charge in [-0.1, -0.05) is 53.6 Å². The second-order valence-corrected chi connectivity index (χ2v) is 13.1. The summed E-state index contributed by atoms with van der Waals surface area (Å²) in [7, 11) is 0.137. The predicted octanol–water partition coefficient (Wildman–Crippen LogP) is 9.49. The topological polar surface area (TPSA) is 0 Å². The molecular weight excluding hydrogens is 536 g/mol. The maximum absolute atomic E-state index is 5.96. The van der Waals surface area contributed by atoms with E-state index in [9.17, 15) is 0 Å². The van der Waals surface area contributed by atoms with Crippen LogP contribution in [0.15, 0.2) is 47.4 Å². The van der Waals surface area contributed by atoms with Crippen LogP contribution in [-0.2, 0) is 32.1 Å². The van der Waals surface area contributed by atoms with Crippen LogP contribution < -0.4 is 0 Å². The van der Waals surface area contributed by atoms with Crippen molar-refractivity contribution in [2.24, 2.45) is 0 Å². The van der Waals surface area contributed by atoms with E-state index in [4.69, 9.17) is 12.6 Å². The number of benzene rings is 3. The molecule has 0 spiro atoms. The van der Waals surface area contributed by atoms with Crippen molar-refractivity contribution in [1.29, 1.82) is 0 Å². The van der Waals surface area contributed by atoms with Crippen molar-refractivity contribution in [3.05, 3.63) is 83.3 Å². The Morgan fingerprint density at radius 3 is 1.15 bits per heavy atom. The summed E-state index contributed by atoms with van der Waals surface area (Å²) >= 11 is 5.96. The summed E-state index contributed by atoms with van der Waals surface area (Å²) in [6.07, 6.45) is 4.37. The Morgan fingerprint density at radius 2 is 0.912 bits per heavy atom. The van der Waals surface area contributed by atoms with Crippen molar-refractivity contribution in [2.75, 3.05) is 18.5 Å².